The van der Waals surface area contributed by atoms with Crippen molar-refractivity contribution in [3.05, 3.63) is 65.4 Å². The summed E-state index contributed by atoms with van der Waals surface area (Å²) >= 11 is 0. The van der Waals surface area contributed by atoms with Gasteiger partial charge in [-0.3, -0.25) is 5.10 Å². The number of allylic oxidation sites excluding steroid dienone is 1. The number of nitrogens with zero attached hydrogens (tertiary/aromatic N) is 2. The first-order chi connectivity index (χ1) is 12.7. The number of furan rings is 1. The van der Waals surface area contributed by atoms with E-state index in [1.807, 2.05) is 31.2 Å². The lowest BCUT2D eigenvalue weighted by Crippen LogP contribution is -2.20. The number of aromatic amines is 1. The highest BCUT2D eigenvalue weighted by atomic mass is 16.5. The van der Waals surface area contributed by atoms with Crippen LogP contribution < -0.4 is 15.2 Å². The molecule has 3 heterocycles. The Morgan fingerprint density at radius 1 is 1.38 bits per heavy atom. The van der Waals surface area contributed by atoms with Gasteiger partial charge >= 0.3 is 0 Å². The Hall–Kier alpha value is -3.66. The third-order valence-corrected chi connectivity index (χ3v) is 4.25. The van der Waals surface area contributed by atoms with E-state index < -0.39 is 5.92 Å². The standard InChI is InChI=1S/C19H16N4O3/c1-2-25-13-5-3-4-11(8-13)17-16-15(12-6-7-24-10-12)14(9-20)18(21)26-19(16)23-22-17/h3-8,10,15H,2,21H2,1H3,(H,22,23). The van der Waals surface area contributed by atoms with E-state index in [-0.39, 0.29) is 5.88 Å². The Bertz CT molecular complexity index is 1010. The third-order valence-electron chi connectivity index (χ3n) is 4.25. The van der Waals surface area contributed by atoms with Crippen molar-refractivity contribution < 1.29 is 13.9 Å². The number of nitriles is 1. The number of hydrogen-bond donors (Lipinski definition) is 2. The Kier molecular flexibility index (Phi) is 3.86. The maximum Gasteiger partial charge on any atom is 0.244 e. The monoisotopic (exact) mass is 348 g/mol. The van der Waals surface area contributed by atoms with Crippen LogP contribution in [0.2, 0.25) is 0 Å². The molecule has 7 heteroatoms. The Morgan fingerprint density at radius 2 is 2.27 bits per heavy atom. The molecule has 2 aromatic heterocycles. The molecule has 0 amide bonds. The summed E-state index contributed by atoms with van der Waals surface area (Å²) in [7, 11) is 0. The average Bonchev–Trinajstić information content (AvgIpc) is 3.31. The highest BCUT2D eigenvalue weighted by molar-refractivity contribution is 5.71. The molecule has 0 saturated heterocycles. The quantitative estimate of drug-likeness (QED) is 0.748. The lowest BCUT2D eigenvalue weighted by molar-refractivity contribution is 0.340. The number of ether oxygens (including phenoxy) is 2. The van der Waals surface area contributed by atoms with Crippen LogP contribution in [0.4, 0.5) is 0 Å². The minimum absolute atomic E-state index is 0.0484. The topological polar surface area (TPSA) is 110 Å². The van der Waals surface area contributed by atoms with Crippen LogP contribution in [0.15, 0.2) is 58.7 Å². The van der Waals surface area contributed by atoms with Gasteiger partial charge in [0.15, 0.2) is 0 Å². The molecular weight excluding hydrogens is 332 g/mol. The van der Waals surface area contributed by atoms with E-state index in [0.717, 1.165) is 28.1 Å². The van der Waals surface area contributed by atoms with Gasteiger partial charge in [0.05, 0.1) is 36.3 Å². The molecule has 1 unspecified atom stereocenters. The molecule has 0 saturated carbocycles. The number of nitrogens with one attached hydrogen (secondary N) is 1. The van der Waals surface area contributed by atoms with Crippen molar-refractivity contribution in [1.29, 1.82) is 5.26 Å². The molecule has 1 atom stereocenters. The van der Waals surface area contributed by atoms with E-state index in [9.17, 15) is 5.26 Å². The molecule has 26 heavy (non-hydrogen) atoms. The lowest BCUT2D eigenvalue weighted by atomic mass is 9.84. The highest BCUT2D eigenvalue weighted by Crippen LogP contribution is 2.45. The predicted octanol–water partition coefficient (Wildman–Crippen LogP) is 3.29. The second-order valence-corrected chi connectivity index (χ2v) is 5.76. The minimum Gasteiger partial charge on any atom is -0.494 e. The molecular formula is C19H16N4O3. The van der Waals surface area contributed by atoms with E-state index in [0.29, 0.717) is 18.1 Å². The molecule has 4 rings (SSSR count). The smallest absolute Gasteiger partial charge is 0.244 e. The summed E-state index contributed by atoms with van der Waals surface area (Å²) in [5.41, 5.74) is 9.43. The first-order valence-corrected chi connectivity index (χ1v) is 8.14. The Labute approximate surface area is 149 Å². The average molecular weight is 348 g/mol. The fraction of sp³-hybridized carbons (Fsp3) is 0.158. The van der Waals surface area contributed by atoms with E-state index in [1.165, 1.54) is 0 Å². The number of nitrogens with two attached hydrogens (primary N) is 1. The first kappa shape index (κ1) is 15.8. The van der Waals surface area contributed by atoms with Crippen LogP contribution in [-0.2, 0) is 0 Å². The van der Waals surface area contributed by atoms with Crippen LogP contribution in [0.25, 0.3) is 11.3 Å². The zero-order chi connectivity index (χ0) is 18.1. The molecule has 3 aromatic rings. The molecule has 1 aromatic carbocycles. The van der Waals surface area contributed by atoms with E-state index in [4.69, 9.17) is 19.6 Å². The van der Waals surface area contributed by atoms with E-state index in [2.05, 4.69) is 16.3 Å². The van der Waals surface area contributed by atoms with Gasteiger partial charge < -0.3 is 19.6 Å². The number of benzene rings is 1. The molecule has 0 bridgehead atoms. The third kappa shape index (κ3) is 2.48. The van der Waals surface area contributed by atoms with Crippen LogP contribution in [0, 0.1) is 11.3 Å². The Morgan fingerprint density at radius 3 is 3.00 bits per heavy atom. The second kappa shape index (κ2) is 6.33. The molecule has 1 aliphatic rings. The van der Waals surface area contributed by atoms with Gasteiger partial charge in [0.25, 0.3) is 0 Å². The molecule has 0 aliphatic carbocycles. The summed E-state index contributed by atoms with van der Waals surface area (Å²) in [5, 5.41) is 16.9. The van der Waals surface area contributed by atoms with Crippen molar-refractivity contribution in [1.82, 2.24) is 10.2 Å². The normalized spacial score (nSPS) is 15.9. The molecule has 0 spiro atoms. The summed E-state index contributed by atoms with van der Waals surface area (Å²) in [6.45, 7) is 2.50. The number of hydrogen-bond acceptors (Lipinski definition) is 6. The van der Waals surface area contributed by atoms with Crippen LogP contribution in [0.1, 0.15) is 24.0 Å². The van der Waals surface area contributed by atoms with Gasteiger partial charge in [0, 0.05) is 11.1 Å². The summed E-state index contributed by atoms with van der Waals surface area (Å²) < 4.78 is 16.4. The Balaban J connectivity index is 1.89. The zero-order valence-corrected chi connectivity index (χ0v) is 14.0. The van der Waals surface area contributed by atoms with E-state index in [1.54, 1.807) is 18.6 Å². The van der Waals surface area contributed by atoms with Crippen molar-refractivity contribution in [3.8, 4) is 29.0 Å². The van der Waals surface area contributed by atoms with Gasteiger partial charge in [-0.05, 0) is 25.1 Å². The molecule has 7 nitrogen and oxygen atoms in total. The van der Waals surface area contributed by atoms with Gasteiger partial charge in [-0.25, -0.2) is 0 Å². The molecule has 1 aliphatic heterocycles. The highest BCUT2D eigenvalue weighted by Gasteiger charge is 2.36. The fourth-order valence-corrected chi connectivity index (χ4v) is 3.15. The molecule has 0 fully saturated rings. The number of H-pyrrole nitrogens is 1. The van der Waals surface area contributed by atoms with Gasteiger partial charge in [0.1, 0.15) is 17.4 Å². The second-order valence-electron chi connectivity index (χ2n) is 5.76. The minimum atomic E-state index is -0.424. The number of aromatic nitrogens is 2. The summed E-state index contributed by atoms with van der Waals surface area (Å²) in [4.78, 5) is 0. The predicted molar refractivity (Wildman–Crippen MR) is 93.2 cm³/mol. The summed E-state index contributed by atoms with van der Waals surface area (Å²) in [6, 6.07) is 11.6. The van der Waals surface area contributed by atoms with Crippen molar-refractivity contribution in [2.24, 2.45) is 5.73 Å². The fourth-order valence-electron chi connectivity index (χ4n) is 3.15. The van der Waals surface area contributed by atoms with Gasteiger partial charge in [-0.1, -0.05) is 12.1 Å². The zero-order valence-electron chi connectivity index (χ0n) is 14.0. The number of fused-ring (bicyclic) bond motifs is 1. The lowest BCUT2D eigenvalue weighted by Gasteiger charge is -2.22. The summed E-state index contributed by atoms with van der Waals surface area (Å²) in [5.74, 6) is 0.726. The van der Waals surface area contributed by atoms with Gasteiger partial charge in [-0.15, -0.1) is 5.10 Å². The maximum absolute atomic E-state index is 9.62. The van der Waals surface area contributed by atoms with Crippen LogP contribution >= 0.6 is 0 Å². The first-order valence-electron chi connectivity index (χ1n) is 8.14. The summed E-state index contributed by atoms with van der Waals surface area (Å²) in [6.07, 6.45) is 3.16. The number of rotatable bonds is 4. The SMILES string of the molecule is CCOc1cccc(-c2[nH]nc3c2C(c2ccoc2)C(C#N)=C(N)O3)c1. The van der Waals surface area contributed by atoms with Crippen molar-refractivity contribution in [2.45, 2.75) is 12.8 Å². The van der Waals surface area contributed by atoms with Crippen LogP contribution in [0.3, 0.4) is 0 Å². The van der Waals surface area contributed by atoms with E-state index >= 15 is 0 Å². The van der Waals surface area contributed by atoms with Gasteiger partial charge in [0.2, 0.25) is 11.8 Å². The molecule has 0 radical (unpaired) electrons. The van der Waals surface area contributed by atoms with Crippen LogP contribution in [-0.4, -0.2) is 16.8 Å². The van der Waals surface area contributed by atoms with Crippen LogP contribution in [0.5, 0.6) is 11.6 Å². The largest absolute Gasteiger partial charge is 0.494 e. The molecule has 3 N–H and O–H groups in total. The maximum atomic E-state index is 9.62. The van der Waals surface area contributed by atoms with Gasteiger partial charge in [-0.2, -0.15) is 5.26 Å². The van der Waals surface area contributed by atoms with Crippen molar-refractivity contribution >= 4 is 0 Å². The van der Waals surface area contributed by atoms with Crippen molar-refractivity contribution in [2.75, 3.05) is 6.61 Å². The molecule has 130 valence electrons. The van der Waals surface area contributed by atoms with Crippen molar-refractivity contribution in [3.63, 3.8) is 0 Å².